The van der Waals surface area contributed by atoms with Crippen LogP contribution in [0.25, 0.3) is 0 Å². The zero-order valence-electron chi connectivity index (χ0n) is 12.0. The molecule has 122 valence electrons. The lowest BCUT2D eigenvalue weighted by atomic mass is 9.92. The number of benzene rings is 1. The minimum absolute atomic E-state index is 0.0610. The molecule has 1 saturated carbocycles. The molecule has 1 fully saturated rings. The van der Waals surface area contributed by atoms with Crippen molar-refractivity contribution < 1.29 is 16.8 Å². The van der Waals surface area contributed by atoms with Crippen molar-refractivity contribution in [3.05, 3.63) is 30.4 Å². The van der Waals surface area contributed by atoms with Crippen molar-refractivity contribution >= 4 is 31.6 Å². The Morgan fingerprint density at radius 3 is 2.61 bits per heavy atom. The molecule has 3 aliphatic rings. The lowest BCUT2D eigenvalue weighted by molar-refractivity contribution is 0.576. The minimum atomic E-state index is -3.97. The van der Waals surface area contributed by atoms with Crippen LogP contribution in [0.4, 0.5) is 5.69 Å². The first-order valence-electron chi connectivity index (χ1n) is 7.21. The maximum absolute atomic E-state index is 12.4. The standard InChI is InChI=1S/C14H15N3O4S2/c15-22(18,19)10-3-4-12-13(7-10)23(20,21)17-14(16-12)11-6-8-1-2-9(11)5-8/h1-4,7-9,11H,5-6H2,(H,16,17)(H2,15,18,19). The van der Waals surface area contributed by atoms with Crippen molar-refractivity contribution in [2.45, 2.75) is 22.6 Å². The Labute approximate surface area is 134 Å². The molecular weight excluding hydrogens is 338 g/mol. The van der Waals surface area contributed by atoms with Gasteiger partial charge in [-0.1, -0.05) is 12.2 Å². The number of nitrogens with two attached hydrogens (primary N) is 1. The Kier molecular flexibility index (Phi) is 3.00. The second kappa shape index (κ2) is 4.65. The van der Waals surface area contributed by atoms with Gasteiger partial charge in [-0.3, -0.25) is 0 Å². The van der Waals surface area contributed by atoms with Crippen LogP contribution < -0.4 is 10.5 Å². The largest absolute Gasteiger partial charge is 0.342 e. The summed E-state index contributed by atoms with van der Waals surface area (Å²) in [5, 5.41) is 8.12. The van der Waals surface area contributed by atoms with Crippen molar-refractivity contribution in [1.29, 1.82) is 0 Å². The van der Waals surface area contributed by atoms with Gasteiger partial charge < -0.3 is 5.32 Å². The molecule has 0 spiro atoms. The highest BCUT2D eigenvalue weighted by molar-refractivity contribution is 7.91. The van der Waals surface area contributed by atoms with E-state index in [1.165, 1.54) is 12.1 Å². The summed E-state index contributed by atoms with van der Waals surface area (Å²) in [6, 6.07) is 3.76. The lowest BCUT2D eigenvalue weighted by Gasteiger charge is -2.25. The van der Waals surface area contributed by atoms with Gasteiger partial charge >= 0.3 is 0 Å². The first kappa shape index (κ1) is 14.9. The zero-order valence-corrected chi connectivity index (χ0v) is 13.6. The van der Waals surface area contributed by atoms with Crippen LogP contribution in [0.15, 0.2) is 44.5 Å². The summed E-state index contributed by atoms with van der Waals surface area (Å²) in [5.74, 6) is 1.30. The van der Waals surface area contributed by atoms with Crippen LogP contribution in [0, 0.1) is 17.8 Å². The number of nitrogens with one attached hydrogen (secondary N) is 1. The molecule has 7 nitrogen and oxygen atoms in total. The molecule has 23 heavy (non-hydrogen) atoms. The predicted octanol–water partition coefficient (Wildman–Crippen LogP) is 1.06. The highest BCUT2D eigenvalue weighted by atomic mass is 32.2. The van der Waals surface area contributed by atoms with Crippen molar-refractivity contribution in [3.8, 4) is 0 Å². The van der Waals surface area contributed by atoms with Gasteiger partial charge in [0.15, 0.2) is 0 Å². The van der Waals surface area contributed by atoms with E-state index in [0.29, 0.717) is 23.4 Å². The normalized spacial score (nSPS) is 30.7. The summed E-state index contributed by atoms with van der Waals surface area (Å²) in [4.78, 5) is -0.408. The third-order valence-corrected chi connectivity index (χ3v) is 6.91. The monoisotopic (exact) mass is 353 g/mol. The van der Waals surface area contributed by atoms with Crippen LogP contribution in [0.3, 0.4) is 0 Å². The summed E-state index contributed by atoms with van der Waals surface area (Å²) in [6.07, 6.45) is 6.20. The van der Waals surface area contributed by atoms with E-state index in [1.54, 1.807) is 0 Å². The maximum Gasteiger partial charge on any atom is 0.286 e. The number of sulfonamides is 2. The molecule has 0 radical (unpaired) electrons. The van der Waals surface area contributed by atoms with Crippen molar-refractivity contribution in [2.24, 2.45) is 27.3 Å². The highest BCUT2D eigenvalue weighted by Crippen LogP contribution is 2.45. The predicted molar refractivity (Wildman–Crippen MR) is 84.9 cm³/mol. The van der Waals surface area contributed by atoms with E-state index in [9.17, 15) is 16.8 Å². The Morgan fingerprint density at radius 2 is 2.00 bits per heavy atom. The second-order valence-electron chi connectivity index (χ2n) is 6.17. The third kappa shape index (κ3) is 2.39. The molecule has 2 aliphatic carbocycles. The van der Waals surface area contributed by atoms with E-state index >= 15 is 0 Å². The molecule has 3 atom stereocenters. The molecule has 2 bridgehead atoms. The fraction of sp³-hybridized carbons (Fsp3) is 0.357. The number of primary sulfonamides is 1. The van der Waals surface area contributed by atoms with Gasteiger partial charge in [-0.25, -0.2) is 13.6 Å². The van der Waals surface area contributed by atoms with Crippen LogP contribution in [0.5, 0.6) is 0 Å². The summed E-state index contributed by atoms with van der Waals surface area (Å²) < 4.78 is 51.6. The number of rotatable bonds is 2. The topological polar surface area (TPSA) is 119 Å². The number of hydrogen-bond donors (Lipinski definition) is 2. The van der Waals surface area contributed by atoms with E-state index in [1.807, 2.05) is 0 Å². The van der Waals surface area contributed by atoms with E-state index < -0.39 is 20.0 Å². The molecule has 3 unspecified atom stereocenters. The number of fused-ring (bicyclic) bond motifs is 3. The molecule has 0 saturated heterocycles. The molecule has 1 aromatic carbocycles. The van der Waals surface area contributed by atoms with Crippen LogP contribution in [-0.2, 0) is 20.0 Å². The number of allylic oxidation sites excluding steroid dienone is 2. The fourth-order valence-electron chi connectivity index (χ4n) is 3.59. The van der Waals surface area contributed by atoms with Crippen LogP contribution in [0.1, 0.15) is 12.8 Å². The first-order chi connectivity index (χ1) is 10.7. The van der Waals surface area contributed by atoms with Gasteiger partial charge in [0, 0.05) is 5.92 Å². The Bertz CT molecular complexity index is 964. The summed E-state index contributed by atoms with van der Waals surface area (Å²) in [5.41, 5.74) is 0.342. The fourth-order valence-corrected chi connectivity index (χ4v) is 5.42. The smallest absolute Gasteiger partial charge is 0.286 e. The van der Waals surface area contributed by atoms with Gasteiger partial charge in [-0.05, 0) is 42.9 Å². The average Bonchev–Trinajstić information content (AvgIpc) is 3.07. The van der Waals surface area contributed by atoms with Gasteiger partial charge in [-0.15, -0.1) is 4.40 Å². The van der Waals surface area contributed by atoms with Crippen molar-refractivity contribution in [2.75, 3.05) is 5.32 Å². The molecule has 1 aromatic rings. The van der Waals surface area contributed by atoms with Gasteiger partial charge in [0.1, 0.15) is 10.7 Å². The Balaban J connectivity index is 1.77. The van der Waals surface area contributed by atoms with Crippen molar-refractivity contribution in [1.82, 2.24) is 0 Å². The number of anilines is 1. The van der Waals surface area contributed by atoms with Crippen LogP contribution >= 0.6 is 0 Å². The van der Waals surface area contributed by atoms with Crippen LogP contribution in [0.2, 0.25) is 0 Å². The molecule has 1 aliphatic heterocycles. The average molecular weight is 353 g/mol. The van der Waals surface area contributed by atoms with E-state index in [4.69, 9.17) is 5.14 Å². The minimum Gasteiger partial charge on any atom is -0.342 e. The van der Waals surface area contributed by atoms with Crippen LogP contribution in [-0.4, -0.2) is 22.7 Å². The quantitative estimate of drug-likeness (QED) is 0.771. The SMILES string of the molecule is NS(=O)(=O)c1ccc2c(c1)S(=O)(=O)N=C(C1CC3C=CC1C3)N2. The maximum atomic E-state index is 12.4. The molecule has 1 heterocycles. The van der Waals surface area contributed by atoms with Gasteiger partial charge in [0.25, 0.3) is 10.0 Å². The highest BCUT2D eigenvalue weighted by Gasteiger charge is 2.41. The molecule has 0 aromatic heterocycles. The summed E-state index contributed by atoms with van der Waals surface area (Å²) in [7, 11) is -7.92. The molecular formula is C14H15N3O4S2. The molecule has 9 heteroatoms. The van der Waals surface area contributed by atoms with E-state index in [-0.39, 0.29) is 15.7 Å². The number of hydrogen-bond acceptors (Lipinski definition) is 5. The van der Waals surface area contributed by atoms with Crippen molar-refractivity contribution in [3.63, 3.8) is 0 Å². The van der Waals surface area contributed by atoms with E-state index in [0.717, 1.165) is 18.9 Å². The van der Waals surface area contributed by atoms with Gasteiger partial charge in [-0.2, -0.15) is 8.42 Å². The van der Waals surface area contributed by atoms with E-state index in [2.05, 4.69) is 21.9 Å². The molecule has 0 amide bonds. The second-order valence-corrected chi connectivity index (χ2v) is 9.30. The number of nitrogens with zero attached hydrogens (tertiary/aromatic N) is 1. The lowest BCUT2D eigenvalue weighted by Crippen LogP contribution is -2.31. The Morgan fingerprint density at radius 1 is 1.22 bits per heavy atom. The van der Waals surface area contributed by atoms with Gasteiger partial charge in [0.05, 0.1) is 10.6 Å². The molecule has 4 rings (SSSR count). The number of amidine groups is 1. The summed E-state index contributed by atoms with van der Waals surface area (Å²) in [6.45, 7) is 0. The first-order valence-corrected chi connectivity index (χ1v) is 10.2. The van der Waals surface area contributed by atoms with Gasteiger partial charge in [0.2, 0.25) is 10.0 Å². The third-order valence-electron chi connectivity index (χ3n) is 4.67. The Hall–Kier alpha value is -1.71. The summed E-state index contributed by atoms with van der Waals surface area (Å²) >= 11 is 0. The zero-order chi connectivity index (χ0) is 16.4. The molecule has 3 N–H and O–H groups in total.